The maximum absolute atomic E-state index is 13.2. The van der Waals surface area contributed by atoms with Crippen molar-refractivity contribution < 1.29 is 18.0 Å². The summed E-state index contributed by atoms with van der Waals surface area (Å²) in [5, 5.41) is 3.25. The summed E-state index contributed by atoms with van der Waals surface area (Å²) in [6.07, 6.45) is 1.77. The zero-order valence-corrected chi connectivity index (χ0v) is 17.0. The molecule has 4 saturated carbocycles. The quantitative estimate of drug-likeness (QED) is 0.667. The lowest BCUT2D eigenvalue weighted by Gasteiger charge is -2.54. The highest BCUT2D eigenvalue weighted by atomic mass is 32.2. The van der Waals surface area contributed by atoms with Crippen LogP contribution in [0.15, 0.2) is 29.2 Å². The number of halogens is 3. The maximum Gasteiger partial charge on any atom is 0.417 e. The summed E-state index contributed by atoms with van der Waals surface area (Å²) in [6, 6.07) is 5.64. The monoisotopic (exact) mass is 412 g/mol. The highest BCUT2D eigenvalue weighted by Crippen LogP contribution is 2.53. The Morgan fingerprint density at radius 2 is 1.57 bits per heavy atom. The lowest BCUT2D eigenvalue weighted by molar-refractivity contribution is -0.139. The first-order valence-electron chi connectivity index (χ1n) is 10.0. The Morgan fingerprint density at radius 3 is 2.14 bits per heavy atom. The van der Waals surface area contributed by atoms with E-state index in [1.807, 2.05) is 0 Å². The minimum Gasteiger partial charge on any atom is -0.351 e. The molecule has 7 heteroatoms. The van der Waals surface area contributed by atoms with Crippen LogP contribution in [0.1, 0.15) is 51.5 Å². The molecule has 0 heterocycles. The van der Waals surface area contributed by atoms with Crippen molar-refractivity contribution in [2.24, 2.45) is 23.7 Å². The van der Waals surface area contributed by atoms with Crippen LogP contribution in [-0.2, 0) is 11.0 Å². The molecule has 0 atom stereocenters. The van der Waals surface area contributed by atoms with Crippen LogP contribution in [0.5, 0.6) is 0 Å². The molecule has 0 spiro atoms. The van der Waals surface area contributed by atoms with Gasteiger partial charge in [-0.25, -0.2) is 4.72 Å². The third-order valence-electron chi connectivity index (χ3n) is 6.70. The highest BCUT2D eigenvalue weighted by molar-refractivity contribution is 7.97. The lowest BCUT2D eigenvalue weighted by Crippen LogP contribution is -2.60. The van der Waals surface area contributed by atoms with E-state index in [9.17, 15) is 18.0 Å². The molecule has 4 aliphatic rings. The summed E-state index contributed by atoms with van der Waals surface area (Å²) in [5.74, 6) is 2.65. The Hall–Kier alpha value is -1.21. The van der Waals surface area contributed by atoms with E-state index in [0.29, 0.717) is 11.8 Å². The smallest absolute Gasteiger partial charge is 0.351 e. The highest BCUT2D eigenvalue weighted by Gasteiger charge is 2.49. The summed E-state index contributed by atoms with van der Waals surface area (Å²) in [4.78, 5) is 13.0. The number of rotatable bonds is 5. The number of hydrogen-bond donors (Lipinski definition) is 2. The lowest BCUT2D eigenvalue weighted by atomic mass is 9.54. The van der Waals surface area contributed by atoms with Crippen LogP contribution >= 0.6 is 11.9 Å². The molecular formula is C21H27F3N2OS. The van der Waals surface area contributed by atoms with Gasteiger partial charge >= 0.3 is 6.18 Å². The minimum absolute atomic E-state index is 0.0745. The number of nitrogens with one attached hydrogen (secondary N) is 2. The first-order chi connectivity index (χ1) is 13.1. The molecule has 5 rings (SSSR count). The van der Waals surface area contributed by atoms with Gasteiger partial charge in [-0.2, -0.15) is 13.2 Å². The minimum atomic E-state index is -4.42. The zero-order valence-electron chi connectivity index (χ0n) is 16.2. The maximum atomic E-state index is 13.2. The van der Waals surface area contributed by atoms with Crippen molar-refractivity contribution in [3.8, 4) is 0 Å². The van der Waals surface area contributed by atoms with E-state index < -0.39 is 17.3 Å². The Balaban J connectivity index is 1.40. The van der Waals surface area contributed by atoms with Crippen molar-refractivity contribution in [2.45, 2.75) is 68.6 Å². The fourth-order valence-electron chi connectivity index (χ4n) is 5.51. The summed E-state index contributed by atoms with van der Waals surface area (Å²) >= 11 is 0.869. The molecular weight excluding hydrogens is 385 g/mol. The first kappa shape index (κ1) is 20.1. The van der Waals surface area contributed by atoms with Gasteiger partial charge in [0.05, 0.1) is 5.56 Å². The number of amides is 1. The van der Waals surface area contributed by atoms with Crippen LogP contribution < -0.4 is 10.0 Å². The molecule has 1 aromatic rings. The molecule has 0 aliphatic heterocycles. The Labute approximate surface area is 168 Å². The van der Waals surface area contributed by atoms with E-state index in [2.05, 4.69) is 10.0 Å². The molecule has 4 fully saturated rings. The van der Waals surface area contributed by atoms with Crippen LogP contribution in [0.25, 0.3) is 0 Å². The number of hydrogen-bond acceptors (Lipinski definition) is 3. The van der Waals surface area contributed by atoms with E-state index in [4.69, 9.17) is 0 Å². The average molecular weight is 413 g/mol. The zero-order chi connectivity index (χ0) is 20.1. The van der Waals surface area contributed by atoms with E-state index in [-0.39, 0.29) is 16.8 Å². The van der Waals surface area contributed by atoms with Gasteiger partial charge in [0.1, 0.15) is 5.54 Å². The molecule has 0 radical (unpaired) electrons. The summed E-state index contributed by atoms with van der Waals surface area (Å²) in [6.45, 7) is 3.45. The largest absolute Gasteiger partial charge is 0.417 e. The predicted molar refractivity (Wildman–Crippen MR) is 103 cm³/mol. The fraction of sp³-hybridized carbons (Fsp3) is 0.667. The number of benzene rings is 1. The summed E-state index contributed by atoms with van der Waals surface area (Å²) in [7, 11) is 0. The van der Waals surface area contributed by atoms with Crippen LogP contribution in [0.3, 0.4) is 0 Å². The van der Waals surface area contributed by atoms with Crippen molar-refractivity contribution >= 4 is 17.9 Å². The van der Waals surface area contributed by atoms with Crippen molar-refractivity contribution in [3.05, 3.63) is 29.8 Å². The molecule has 4 aliphatic carbocycles. The van der Waals surface area contributed by atoms with Crippen LogP contribution in [0, 0.1) is 23.7 Å². The Bertz CT molecular complexity index is 721. The third kappa shape index (κ3) is 3.92. The van der Waals surface area contributed by atoms with Gasteiger partial charge in [-0.3, -0.25) is 4.79 Å². The predicted octanol–water partition coefficient (Wildman–Crippen LogP) is 5.02. The Morgan fingerprint density at radius 1 is 1.00 bits per heavy atom. The van der Waals surface area contributed by atoms with Crippen LogP contribution in [0.2, 0.25) is 0 Å². The molecule has 1 aromatic carbocycles. The molecule has 1 amide bonds. The molecule has 0 saturated heterocycles. The Kier molecular flexibility index (Phi) is 5.19. The van der Waals surface area contributed by atoms with Gasteiger partial charge in [-0.15, -0.1) is 0 Å². The number of carbonyl (C=O) groups is 1. The standard InChI is InChI=1S/C21H27F3N2OS/c1-20(2,26-28-17-6-4-3-5-16(17)21(22,23)24)19(27)25-18-14-8-12-7-13(10-14)11-15(18)9-12/h3-6,12-15,18,26H,7-11H2,1-2H3,(H,25,27). The van der Waals surface area contributed by atoms with Gasteiger partial charge in [0.15, 0.2) is 0 Å². The first-order valence-corrected chi connectivity index (χ1v) is 10.9. The van der Waals surface area contributed by atoms with E-state index in [1.165, 1.54) is 44.2 Å². The molecule has 4 bridgehead atoms. The molecule has 28 heavy (non-hydrogen) atoms. The summed E-state index contributed by atoms with van der Waals surface area (Å²) in [5.41, 5.74) is -1.66. The van der Waals surface area contributed by atoms with Crippen LogP contribution in [-0.4, -0.2) is 17.5 Å². The van der Waals surface area contributed by atoms with Gasteiger partial charge in [-0.05, 0) is 93.7 Å². The topological polar surface area (TPSA) is 41.1 Å². The van der Waals surface area contributed by atoms with Crippen molar-refractivity contribution in [1.82, 2.24) is 10.0 Å². The van der Waals surface area contributed by atoms with E-state index in [1.54, 1.807) is 19.9 Å². The van der Waals surface area contributed by atoms with Gasteiger partial charge in [0, 0.05) is 10.9 Å². The van der Waals surface area contributed by atoms with Gasteiger partial charge in [0.2, 0.25) is 5.91 Å². The molecule has 0 unspecified atom stereocenters. The summed E-state index contributed by atoms with van der Waals surface area (Å²) < 4.78 is 42.5. The van der Waals surface area contributed by atoms with Gasteiger partial charge in [0.25, 0.3) is 0 Å². The second kappa shape index (κ2) is 7.24. The fourth-order valence-corrected chi connectivity index (χ4v) is 6.41. The number of carbonyl (C=O) groups excluding carboxylic acids is 1. The molecule has 0 aromatic heterocycles. The van der Waals surface area contributed by atoms with E-state index in [0.717, 1.165) is 29.9 Å². The molecule has 3 nitrogen and oxygen atoms in total. The van der Waals surface area contributed by atoms with Crippen molar-refractivity contribution in [1.29, 1.82) is 0 Å². The van der Waals surface area contributed by atoms with Crippen LogP contribution in [0.4, 0.5) is 13.2 Å². The molecule has 2 N–H and O–H groups in total. The molecule has 154 valence electrons. The normalized spacial score (nSPS) is 31.8. The third-order valence-corrected chi connectivity index (χ3v) is 7.89. The van der Waals surface area contributed by atoms with Crippen molar-refractivity contribution in [3.63, 3.8) is 0 Å². The van der Waals surface area contributed by atoms with Gasteiger partial charge < -0.3 is 5.32 Å². The second-order valence-electron chi connectivity index (χ2n) is 9.25. The second-order valence-corrected chi connectivity index (χ2v) is 10.1. The van der Waals surface area contributed by atoms with E-state index >= 15 is 0 Å². The van der Waals surface area contributed by atoms with Gasteiger partial charge in [-0.1, -0.05) is 12.1 Å². The number of alkyl halides is 3. The average Bonchev–Trinajstić information content (AvgIpc) is 2.61. The van der Waals surface area contributed by atoms with Crippen molar-refractivity contribution in [2.75, 3.05) is 0 Å². The SMILES string of the molecule is CC(C)(NSc1ccccc1C(F)(F)F)C(=O)NC1C2CC3CC(C2)CC1C3.